The summed E-state index contributed by atoms with van der Waals surface area (Å²) >= 11 is 0. The van der Waals surface area contributed by atoms with Gasteiger partial charge < -0.3 is 5.32 Å². The second-order valence-electron chi connectivity index (χ2n) is 5.49. The average Bonchev–Trinajstić information content (AvgIpc) is 3.10. The molecule has 23 heavy (non-hydrogen) atoms. The lowest BCUT2D eigenvalue weighted by atomic mass is 10.1. The van der Waals surface area contributed by atoms with Crippen molar-refractivity contribution in [2.75, 3.05) is 0 Å². The first kappa shape index (κ1) is 15.0. The van der Waals surface area contributed by atoms with E-state index in [-0.39, 0.29) is 11.9 Å². The molecule has 3 aromatic rings. The predicted octanol–water partition coefficient (Wildman–Crippen LogP) is 3.07. The van der Waals surface area contributed by atoms with Gasteiger partial charge >= 0.3 is 0 Å². The van der Waals surface area contributed by atoms with Gasteiger partial charge in [-0.05, 0) is 43.7 Å². The first-order chi connectivity index (χ1) is 11.1. The van der Waals surface area contributed by atoms with Crippen LogP contribution in [-0.4, -0.2) is 20.7 Å². The van der Waals surface area contributed by atoms with E-state index in [2.05, 4.69) is 15.4 Å². The van der Waals surface area contributed by atoms with E-state index < -0.39 is 0 Å². The zero-order valence-electron chi connectivity index (χ0n) is 13.1. The minimum Gasteiger partial charge on any atom is -0.346 e. The fraction of sp³-hybridized carbons (Fsp3) is 0.167. The maximum Gasteiger partial charge on any atom is 0.251 e. The largest absolute Gasteiger partial charge is 0.346 e. The van der Waals surface area contributed by atoms with Gasteiger partial charge in [0.05, 0.1) is 11.7 Å². The number of nitrogens with zero attached hydrogens (tertiary/aromatic N) is 3. The van der Waals surface area contributed by atoms with Crippen LogP contribution in [-0.2, 0) is 0 Å². The SMILES string of the molecule is Cc1ccc(C(=O)N[C@H](C)c2ccc(-n3cncn3)cc2)cc1. The van der Waals surface area contributed by atoms with Gasteiger partial charge in [-0.1, -0.05) is 29.8 Å². The second kappa shape index (κ2) is 6.44. The minimum atomic E-state index is -0.0754. The van der Waals surface area contributed by atoms with Crippen molar-refractivity contribution in [3.8, 4) is 5.69 Å². The molecule has 1 heterocycles. The first-order valence-corrected chi connectivity index (χ1v) is 7.46. The molecule has 0 fully saturated rings. The molecular weight excluding hydrogens is 288 g/mol. The number of amides is 1. The Morgan fingerprint density at radius 3 is 2.39 bits per heavy atom. The van der Waals surface area contributed by atoms with E-state index in [9.17, 15) is 4.79 Å². The highest BCUT2D eigenvalue weighted by Gasteiger charge is 2.11. The number of rotatable bonds is 4. The molecule has 0 saturated carbocycles. The number of hydrogen-bond acceptors (Lipinski definition) is 3. The number of carbonyl (C=O) groups is 1. The van der Waals surface area contributed by atoms with Gasteiger partial charge in [0.25, 0.3) is 5.91 Å². The van der Waals surface area contributed by atoms with E-state index in [1.807, 2.05) is 62.4 Å². The molecule has 1 aromatic heterocycles. The van der Waals surface area contributed by atoms with E-state index in [0.29, 0.717) is 5.56 Å². The van der Waals surface area contributed by atoms with Crippen LogP contribution in [0.25, 0.3) is 5.69 Å². The third-order valence-electron chi connectivity index (χ3n) is 3.74. The van der Waals surface area contributed by atoms with Crippen molar-refractivity contribution >= 4 is 5.91 Å². The van der Waals surface area contributed by atoms with Crippen LogP contribution in [0, 0.1) is 6.92 Å². The van der Waals surface area contributed by atoms with Gasteiger partial charge in [0.2, 0.25) is 0 Å². The van der Waals surface area contributed by atoms with Crippen LogP contribution < -0.4 is 5.32 Å². The Kier molecular flexibility index (Phi) is 4.19. The van der Waals surface area contributed by atoms with E-state index in [1.54, 1.807) is 11.0 Å². The van der Waals surface area contributed by atoms with Crippen LogP contribution in [0.15, 0.2) is 61.2 Å². The Morgan fingerprint density at radius 2 is 1.78 bits per heavy atom. The highest BCUT2D eigenvalue weighted by atomic mass is 16.1. The average molecular weight is 306 g/mol. The van der Waals surface area contributed by atoms with E-state index in [1.165, 1.54) is 6.33 Å². The van der Waals surface area contributed by atoms with Crippen molar-refractivity contribution in [3.63, 3.8) is 0 Å². The topological polar surface area (TPSA) is 59.8 Å². The zero-order valence-corrected chi connectivity index (χ0v) is 13.1. The molecule has 5 heteroatoms. The number of carbonyl (C=O) groups excluding carboxylic acids is 1. The van der Waals surface area contributed by atoms with E-state index in [0.717, 1.165) is 16.8 Å². The summed E-state index contributed by atoms with van der Waals surface area (Å²) in [5.41, 5.74) is 3.78. The van der Waals surface area contributed by atoms with Gasteiger partial charge in [-0.2, -0.15) is 5.10 Å². The Morgan fingerprint density at radius 1 is 1.09 bits per heavy atom. The number of nitrogens with one attached hydrogen (secondary N) is 1. The highest BCUT2D eigenvalue weighted by molar-refractivity contribution is 5.94. The van der Waals surface area contributed by atoms with Gasteiger partial charge in [-0.15, -0.1) is 0 Å². The lowest BCUT2D eigenvalue weighted by Gasteiger charge is -2.15. The fourth-order valence-electron chi connectivity index (χ4n) is 2.33. The van der Waals surface area contributed by atoms with Crippen LogP contribution >= 0.6 is 0 Å². The summed E-state index contributed by atoms with van der Waals surface area (Å²) in [5, 5.41) is 7.10. The summed E-state index contributed by atoms with van der Waals surface area (Å²) in [7, 11) is 0. The second-order valence-corrected chi connectivity index (χ2v) is 5.49. The summed E-state index contributed by atoms with van der Waals surface area (Å²) in [5.74, 6) is -0.0714. The summed E-state index contributed by atoms with van der Waals surface area (Å²) in [6, 6.07) is 15.4. The van der Waals surface area contributed by atoms with Crippen molar-refractivity contribution < 1.29 is 4.79 Å². The molecule has 1 amide bonds. The Bertz CT molecular complexity index is 777. The van der Waals surface area contributed by atoms with E-state index >= 15 is 0 Å². The summed E-state index contributed by atoms with van der Waals surface area (Å²) < 4.78 is 1.69. The molecule has 116 valence electrons. The Balaban J connectivity index is 1.69. The Hall–Kier alpha value is -2.95. The van der Waals surface area contributed by atoms with E-state index in [4.69, 9.17) is 0 Å². The quantitative estimate of drug-likeness (QED) is 0.806. The van der Waals surface area contributed by atoms with Crippen molar-refractivity contribution in [3.05, 3.63) is 77.9 Å². The molecule has 2 aromatic carbocycles. The van der Waals surface area contributed by atoms with Crippen LogP contribution in [0.5, 0.6) is 0 Å². The number of aryl methyl sites for hydroxylation is 1. The Labute approximate surface area is 135 Å². The standard InChI is InChI=1S/C18H18N4O/c1-13-3-5-16(6-4-13)18(23)21-14(2)15-7-9-17(10-8-15)22-12-19-11-20-22/h3-12,14H,1-2H3,(H,21,23)/t14-/m1/s1. The molecule has 1 atom stereocenters. The first-order valence-electron chi connectivity index (χ1n) is 7.46. The van der Waals surface area contributed by atoms with Crippen molar-refractivity contribution in [2.24, 2.45) is 0 Å². The lowest BCUT2D eigenvalue weighted by molar-refractivity contribution is 0.0940. The number of aromatic nitrogens is 3. The fourth-order valence-corrected chi connectivity index (χ4v) is 2.33. The molecule has 0 aliphatic heterocycles. The monoisotopic (exact) mass is 306 g/mol. The minimum absolute atomic E-state index is 0.0714. The molecule has 0 aliphatic rings. The molecule has 0 spiro atoms. The van der Waals surface area contributed by atoms with Gasteiger partial charge in [-0.3, -0.25) is 4.79 Å². The molecule has 3 rings (SSSR count). The van der Waals surface area contributed by atoms with Gasteiger partial charge in [-0.25, -0.2) is 9.67 Å². The molecule has 0 aliphatic carbocycles. The van der Waals surface area contributed by atoms with Crippen LogP contribution in [0.3, 0.4) is 0 Å². The normalized spacial score (nSPS) is 11.9. The van der Waals surface area contributed by atoms with Crippen molar-refractivity contribution in [1.29, 1.82) is 0 Å². The zero-order chi connectivity index (χ0) is 16.2. The smallest absolute Gasteiger partial charge is 0.251 e. The number of benzene rings is 2. The summed E-state index contributed by atoms with van der Waals surface area (Å²) in [6.45, 7) is 3.97. The molecule has 0 bridgehead atoms. The van der Waals surface area contributed by atoms with Crippen LogP contribution in [0.2, 0.25) is 0 Å². The lowest BCUT2D eigenvalue weighted by Crippen LogP contribution is -2.26. The third kappa shape index (κ3) is 3.45. The molecule has 5 nitrogen and oxygen atoms in total. The summed E-state index contributed by atoms with van der Waals surface area (Å²) in [4.78, 5) is 16.2. The maximum absolute atomic E-state index is 12.3. The van der Waals surface area contributed by atoms with Crippen LogP contribution in [0.1, 0.15) is 34.5 Å². The summed E-state index contributed by atoms with van der Waals surface area (Å²) in [6.07, 6.45) is 3.15. The van der Waals surface area contributed by atoms with Crippen molar-refractivity contribution in [1.82, 2.24) is 20.1 Å². The number of hydrogen-bond donors (Lipinski definition) is 1. The molecule has 0 radical (unpaired) electrons. The molecular formula is C18H18N4O. The molecule has 1 N–H and O–H groups in total. The third-order valence-corrected chi connectivity index (χ3v) is 3.74. The predicted molar refractivity (Wildman–Crippen MR) is 88.4 cm³/mol. The molecule has 0 unspecified atom stereocenters. The molecule has 0 saturated heterocycles. The maximum atomic E-state index is 12.3. The van der Waals surface area contributed by atoms with Crippen LogP contribution in [0.4, 0.5) is 0 Å². The highest BCUT2D eigenvalue weighted by Crippen LogP contribution is 2.16. The van der Waals surface area contributed by atoms with Gasteiger partial charge in [0.15, 0.2) is 0 Å². The van der Waals surface area contributed by atoms with Crippen molar-refractivity contribution in [2.45, 2.75) is 19.9 Å². The van der Waals surface area contributed by atoms with Gasteiger partial charge in [0, 0.05) is 5.56 Å². The van der Waals surface area contributed by atoms with Gasteiger partial charge in [0.1, 0.15) is 12.7 Å².